The molecule has 1 amide bonds. The van der Waals surface area contributed by atoms with Crippen LogP contribution in [0.15, 0.2) is 6.20 Å². The number of hydrogen-bond acceptors (Lipinski definition) is 6. The molecule has 0 bridgehead atoms. The van der Waals surface area contributed by atoms with Gasteiger partial charge in [-0.15, -0.1) is 0 Å². The molecule has 1 aliphatic heterocycles. The van der Waals surface area contributed by atoms with Crippen LogP contribution in [-0.2, 0) is 11.3 Å². The predicted molar refractivity (Wildman–Crippen MR) is 63.6 cm³/mol. The number of rotatable bonds is 5. The van der Waals surface area contributed by atoms with Crippen LogP contribution in [0.25, 0.3) is 0 Å². The highest BCUT2D eigenvalue weighted by Gasteiger charge is 2.29. The fraction of sp³-hybridized carbons (Fsp3) is 0.500. The van der Waals surface area contributed by atoms with Crippen molar-refractivity contribution >= 4 is 5.91 Å². The quantitative estimate of drug-likeness (QED) is 0.417. The zero-order valence-electron chi connectivity index (χ0n) is 10.5. The predicted octanol–water partition coefficient (Wildman–Crippen LogP) is 0.901. The smallest absolute Gasteiger partial charge is 0.297 e. The standard InChI is InChI=1S/C12H16N2O5/c1-2-3-4-18-10-8-6-19-12(16)7(8)5-13-9(10)11(15)14-17/h5,12,16-17H,2-4,6H2,1H3,(H,14,15). The summed E-state index contributed by atoms with van der Waals surface area (Å²) < 4.78 is 10.6. The van der Waals surface area contributed by atoms with E-state index >= 15 is 0 Å². The molecule has 1 aromatic heterocycles. The summed E-state index contributed by atoms with van der Waals surface area (Å²) >= 11 is 0. The third-order valence-corrected chi connectivity index (χ3v) is 2.88. The Morgan fingerprint density at radius 1 is 1.68 bits per heavy atom. The van der Waals surface area contributed by atoms with E-state index in [0.29, 0.717) is 17.7 Å². The minimum Gasteiger partial charge on any atom is -0.491 e. The van der Waals surface area contributed by atoms with E-state index < -0.39 is 12.2 Å². The van der Waals surface area contributed by atoms with E-state index in [1.165, 1.54) is 11.7 Å². The van der Waals surface area contributed by atoms with Gasteiger partial charge in [0.05, 0.1) is 13.2 Å². The molecular formula is C12H16N2O5. The third kappa shape index (κ3) is 2.67. The van der Waals surface area contributed by atoms with Gasteiger partial charge >= 0.3 is 0 Å². The van der Waals surface area contributed by atoms with Gasteiger partial charge in [0.1, 0.15) is 0 Å². The van der Waals surface area contributed by atoms with Gasteiger partial charge in [-0.2, -0.15) is 0 Å². The van der Waals surface area contributed by atoms with Gasteiger partial charge in [-0.05, 0) is 6.42 Å². The van der Waals surface area contributed by atoms with Crippen molar-refractivity contribution in [1.29, 1.82) is 0 Å². The first-order valence-electron chi connectivity index (χ1n) is 6.07. The minimum absolute atomic E-state index is 0.0185. The number of amides is 1. The first kappa shape index (κ1) is 13.7. The number of unbranched alkanes of at least 4 members (excludes halogenated alkanes) is 1. The van der Waals surface area contributed by atoms with Gasteiger partial charge < -0.3 is 14.6 Å². The monoisotopic (exact) mass is 268 g/mol. The second-order valence-corrected chi connectivity index (χ2v) is 4.18. The lowest BCUT2D eigenvalue weighted by atomic mass is 10.1. The largest absolute Gasteiger partial charge is 0.491 e. The molecule has 0 saturated heterocycles. The number of nitrogens with one attached hydrogen (secondary N) is 1. The van der Waals surface area contributed by atoms with Crippen LogP contribution in [0.4, 0.5) is 0 Å². The Morgan fingerprint density at radius 3 is 3.16 bits per heavy atom. The van der Waals surface area contributed by atoms with Gasteiger partial charge in [0, 0.05) is 17.3 Å². The van der Waals surface area contributed by atoms with Crippen molar-refractivity contribution in [1.82, 2.24) is 10.5 Å². The van der Waals surface area contributed by atoms with Crippen molar-refractivity contribution in [3.8, 4) is 5.75 Å². The fourth-order valence-corrected chi connectivity index (χ4v) is 1.85. The van der Waals surface area contributed by atoms with Crippen LogP contribution in [0, 0.1) is 0 Å². The number of nitrogens with zero attached hydrogens (tertiary/aromatic N) is 1. The summed E-state index contributed by atoms with van der Waals surface area (Å²) in [5.74, 6) is -0.496. The molecular weight excluding hydrogens is 252 g/mol. The maximum absolute atomic E-state index is 11.5. The lowest BCUT2D eigenvalue weighted by Gasteiger charge is -2.13. The summed E-state index contributed by atoms with van der Waals surface area (Å²) in [4.78, 5) is 15.5. The van der Waals surface area contributed by atoms with Crippen molar-refractivity contribution in [3.63, 3.8) is 0 Å². The molecule has 1 unspecified atom stereocenters. The highest BCUT2D eigenvalue weighted by atomic mass is 16.6. The molecule has 0 aromatic carbocycles. The van der Waals surface area contributed by atoms with Gasteiger partial charge in [0.15, 0.2) is 17.7 Å². The molecule has 0 spiro atoms. The lowest BCUT2D eigenvalue weighted by Crippen LogP contribution is -2.22. The summed E-state index contributed by atoms with van der Waals surface area (Å²) in [6.45, 7) is 2.59. The van der Waals surface area contributed by atoms with Gasteiger partial charge in [-0.25, -0.2) is 10.5 Å². The molecule has 0 radical (unpaired) electrons. The summed E-state index contributed by atoms with van der Waals surface area (Å²) in [5, 5.41) is 18.3. The SMILES string of the molecule is CCCCOc1c(C(=O)NO)ncc2c1COC2O. The second kappa shape index (κ2) is 5.96. The molecule has 2 heterocycles. The average Bonchev–Trinajstić information content (AvgIpc) is 2.80. The molecule has 1 atom stereocenters. The average molecular weight is 268 g/mol. The number of aliphatic hydroxyl groups is 1. The summed E-state index contributed by atoms with van der Waals surface area (Å²) in [6, 6.07) is 0. The van der Waals surface area contributed by atoms with Crippen molar-refractivity contribution in [2.75, 3.05) is 6.61 Å². The summed E-state index contributed by atoms with van der Waals surface area (Å²) in [5.41, 5.74) is 2.59. The fourth-order valence-electron chi connectivity index (χ4n) is 1.85. The van der Waals surface area contributed by atoms with E-state index in [1.54, 1.807) is 0 Å². The van der Waals surface area contributed by atoms with Crippen LogP contribution in [0.1, 0.15) is 47.7 Å². The van der Waals surface area contributed by atoms with Crippen LogP contribution in [0.2, 0.25) is 0 Å². The van der Waals surface area contributed by atoms with Crippen LogP contribution in [-0.4, -0.2) is 27.8 Å². The Morgan fingerprint density at radius 2 is 2.47 bits per heavy atom. The number of carbonyl (C=O) groups excluding carboxylic acids is 1. The Balaban J connectivity index is 2.36. The van der Waals surface area contributed by atoms with Gasteiger partial charge in [-0.1, -0.05) is 13.3 Å². The van der Waals surface area contributed by atoms with Crippen molar-refractivity contribution < 1.29 is 24.6 Å². The number of fused-ring (bicyclic) bond motifs is 1. The van der Waals surface area contributed by atoms with Crippen molar-refractivity contribution in [2.45, 2.75) is 32.7 Å². The number of aromatic nitrogens is 1. The van der Waals surface area contributed by atoms with E-state index in [0.717, 1.165) is 12.8 Å². The molecule has 0 fully saturated rings. The molecule has 1 aromatic rings. The Hall–Kier alpha value is -1.70. The maximum atomic E-state index is 11.5. The normalized spacial score (nSPS) is 17.1. The molecule has 19 heavy (non-hydrogen) atoms. The first-order valence-corrected chi connectivity index (χ1v) is 6.07. The van der Waals surface area contributed by atoms with Crippen LogP contribution in [0.5, 0.6) is 5.75 Å². The Bertz CT molecular complexity index is 477. The number of aliphatic hydroxyl groups excluding tert-OH is 1. The number of carbonyl (C=O) groups is 1. The highest BCUT2D eigenvalue weighted by Crippen LogP contribution is 2.36. The van der Waals surface area contributed by atoms with Crippen LogP contribution >= 0.6 is 0 Å². The number of ether oxygens (including phenoxy) is 2. The van der Waals surface area contributed by atoms with E-state index in [1.807, 2.05) is 6.92 Å². The lowest BCUT2D eigenvalue weighted by molar-refractivity contribution is -0.0920. The van der Waals surface area contributed by atoms with E-state index in [4.69, 9.17) is 14.7 Å². The van der Waals surface area contributed by atoms with Gasteiger partial charge in [-0.3, -0.25) is 10.0 Å². The summed E-state index contributed by atoms with van der Waals surface area (Å²) in [6.07, 6.45) is 2.07. The molecule has 7 nitrogen and oxygen atoms in total. The molecule has 0 saturated carbocycles. The zero-order valence-corrected chi connectivity index (χ0v) is 10.5. The van der Waals surface area contributed by atoms with Crippen molar-refractivity contribution in [3.05, 3.63) is 23.0 Å². The molecule has 1 aliphatic rings. The van der Waals surface area contributed by atoms with Gasteiger partial charge in [0.2, 0.25) is 0 Å². The van der Waals surface area contributed by atoms with Crippen molar-refractivity contribution in [2.24, 2.45) is 0 Å². The topological polar surface area (TPSA) is 101 Å². The molecule has 104 valence electrons. The third-order valence-electron chi connectivity index (χ3n) is 2.88. The summed E-state index contributed by atoms with van der Waals surface area (Å²) in [7, 11) is 0. The Kier molecular flexibility index (Phi) is 4.31. The Labute approximate surface area is 110 Å². The van der Waals surface area contributed by atoms with Crippen LogP contribution in [0.3, 0.4) is 0 Å². The molecule has 3 N–H and O–H groups in total. The minimum atomic E-state index is -1.05. The van der Waals surface area contributed by atoms with E-state index in [-0.39, 0.29) is 18.1 Å². The number of pyridine rings is 1. The second-order valence-electron chi connectivity index (χ2n) is 4.18. The maximum Gasteiger partial charge on any atom is 0.297 e. The molecule has 7 heteroatoms. The first-order chi connectivity index (χ1) is 9.19. The molecule has 2 rings (SSSR count). The number of hydroxylamine groups is 1. The highest BCUT2D eigenvalue weighted by molar-refractivity contribution is 5.94. The number of hydrogen-bond donors (Lipinski definition) is 3. The molecule has 0 aliphatic carbocycles. The zero-order chi connectivity index (χ0) is 13.8. The van der Waals surface area contributed by atoms with E-state index in [9.17, 15) is 9.90 Å². The van der Waals surface area contributed by atoms with Crippen LogP contribution < -0.4 is 10.2 Å². The van der Waals surface area contributed by atoms with E-state index in [2.05, 4.69) is 4.98 Å². The van der Waals surface area contributed by atoms with Gasteiger partial charge in [0.25, 0.3) is 5.91 Å².